The summed E-state index contributed by atoms with van der Waals surface area (Å²) in [6.07, 6.45) is 2.94. The molecule has 1 aromatic carbocycles. The van der Waals surface area contributed by atoms with E-state index < -0.39 is 15.4 Å². The highest BCUT2D eigenvalue weighted by molar-refractivity contribution is 7.93. The quantitative estimate of drug-likeness (QED) is 0.853. The average Bonchev–Trinajstić information content (AvgIpc) is 2.90. The summed E-state index contributed by atoms with van der Waals surface area (Å²) >= 11 is 0. The van der Waals surface area contributed by atoms with E-state index in [9.17, 15) is 13.5 Å². The van der Waals surface area contributed by atoms with E-state index in [1.165, 1.54) is 0 Å². The second kappa shape index (κ2) is 3.98. The Morgan fingerprint density at radius 1 is 1.20 bits per heavy atom. The molecule has 1 N–H and O–H groups in total. The van der Waals surface area contributed by atoms with Gasteiger partial charge in [0.1, 0.15) is 5.75 Å². The van der Waals surface area contributed by atoms with Crippen LogP contribution in [0.4, 0.5) is 0 Å². The van der Waals surface area contributed by atoms with Gasteiger partial charge >= 0.3 is 0 Å². The van der Waals surface area contributed by atoms with E-state index in [-0.39, 0.29) is 10.5 Å². The van der Waals surface area contributed by atoms with Crippen molar-refractivity contribution in [1.29, 1.82) is 0 Å². The summed E-state index contributed by atoms with van der Waals surface area (Å²) < 4.78 is 29.8. The van der Waals surface area contributed by atoms with E-state index in [1.54, 1.807) is 0 Å². The Labute approximate surface area is 118 Å². The van der Waals surface area contributed by atoms with Gasteiger partial charge in [0.25, 0.3) is 0 Å². The van der Waals surface area contributed by atoms with Crippen LogP contribution in [0.25, 0.3) is 0 Å². The molecule has 0 spiro atoms. The smallest absolute Gasteiger partial charge is 0.156 e. The third kappa shape index (κ3) is 1.66. The maximum atomic E-state index is 12.2. The van der Waals surface area contributed by atoms with Gasteiger partial charge in [-0.2, -0.15) is 0 Å². The van der Waals surface area contributed by atoms with Gasteiger partial charge in [0.15, 0.2) is 9.84 Å². The summed E-state index contributed by atoms with van der Waals surface area (Å²) in [7, 11) is -3.00. The number of hydrogen-bond donors (Lipinski definition) is 1. The lowest BCUT2D eigenvalue weighted by Gasteiger charge is -2.36. The van der Waals surface area contributed by atoms with Crippen molar-refractivity contribution in [3.63, 3.8) is 0 Å². The van der Waals surface area contributed by atoms with Crippen LogP contribution in [-0.4, -0.2) is 30.6 Å². The molecule has 0 saturated carbocycles. The summed E-state index contributed by atoms with van der Waals surface area (Å²) in [4.78, 5) is 0. The monoisotopic (exact) mass is 294 g/mol. The Hall–Kier alpha value is -1.07. The van der Waals surface area contributed by atoms with Crippen LogP contribution in [0.2, 0.25) is 0 Å². The molecule has 3 aliphatic heterocycles. The van der Waals surface area contributed by atoms with Crippen molar-refractivity contribution in [1.82, 2.24) is 0 Å². The second-order valence-corrected chi connectivity index (χ2v) is 8.78. The van der Waals surface area contributed by atoms with Crippen LogP contribution in [0.15, 0.2) is 18.2 Å². The van der Waals surface area contributed by atoms with Gasteiger partial charge < -0.3 is 9.84 Å². The molecule has 5 heteroatoms. The van der Waals surface area contributed by atoms with Crippen molar-refractivity contribution in [2.24, 2.45) is 0 Å². The highest BCUT2D eigenvalue weighted by Crippen LogP contribution is 2.48. The third-order valence-electron chi connectivity index (χ3n) is 5.10. The largest absolute Gasteiger partial charge is 0.493 e. The molecule has 2 bridgehead atoms. The van der Waals surface area contributed by atoms with Crippen molar-refractivity contribution in [3.05, 3.63) is 29.3 Å². The Bertz CT molecular complexity index is 644. The zero-order valence-electron chi connectivity index (χ0n) is 11.2. The molecule has 2 atom stereocenters. The summed E-state index contributed by atoms with van der Waals surface area (Å²) in [5.41, 5.74) is 0.986. The molecule has 3 heterocycles. The molecule has 4 nitrogen and oxygen atoms in total. The van der Waals surface area contributed by atoms with Crippen molar-refractivity contribution in [2.45, 2.75) is 48.2 Å². The van der Waals surface area contributed by atoms with Crippen molar-refractivity contribution in [2.75, 3.05) is 6.61 Å². The first kappa shape index (κ1) is 12.7. The van der Waals surface area contributed by atoms with Crippen LogP contribution in [0.5, 0.6) is 5.75 Å². The van der Waals surface area contributed by atoms with Crippen LogP contribution in [0.1, 0.15) is 36.8 Å². The van der Waals surface area contributed by atoms with Gasteiger partial charge in [-0.3, -0.25) is 0 Å². The fourth-order valence-electron chi connectivity index (χ4n) is 3.96. The molecule has 0 aromatic heterocycles. The first-order valence-corrected chi connectivity index (χ1v) is 8.81. The molecular weight excluding hydrogens is 276 g/mol. The van der Waals surface area contributed by atoms with Gasteiger partial charge in [0, 0.05) is 6.42 Å². The van der Waals surface area contributed by atoms with E-state index in [4.69, 9.17) is 4.74 Å². The van der Waals surface area contributed by atoms with Crippen LogP contribution in [0, 0.1) is 0 Å². The molecule has 0 radical (unpaired) electrons. The summed E-state index contributed by atoms with van der Waals surface area (Å²) in [6.45, 7) is 0.691. The Morgan fingerprint density at radius 3 is 2.60 bits per heavy atom. The molecule has 108 valence electrons. The summed E-state index contributed by atoms with van der Waals surface area (Å²) in [5, 5.41) is 10.3. The molecule has 3 aliphatic rings. The number of fused-ring (bicyclic) bond motifs is 3. The topological polar surface area (TPSA) is 63.6 Å². The Kier molecular flexibility index (Phi) is 2.52. The summed E-state index contributed by atoms with van der Waals surface area (Å²) in [6, 6.07) is 5.79. The van der Waals surface area contributed by atoms with E-state index >= 15 is 0 Å². The van der Waals surface area contributed by atoms with Crippen molar-refractivity contribution < 1.29 is 18.3 Å². The van der Waals surface area contributed by atoms with E-state index in [0.717, 1.165) is 23.3 Å². The van der Waals surface area contributed by atoms with Crippen LogP contribution in [-0.2, 0) is 21.9 Å². The fourth-order valence-corrected chi connectivity index (χ4v) is 6.45. The van der Waals surface area contributed by atoms with Gasteiger partial charge in [0.2, 0.25) is 0 Å². The number of ether oxygens (including phenoxy) is 1. The predicted octanol–water partition coefficient (Wildman–Crippen LogP) is 1.55. The highest BCUT2D eigenvalue weighted by atomic mass is 32.2. The molecule has 1 aromatic rings. The maximum absolute atomic E-state index is 12.2. The molecule has 4 rings (SSSR count). The van der Waals surface area contributed by atoms with Gasteiger partial charge in [-0.25, -0.2) is 8.42 Å². The number of hydrogen-bond acceptors (Lipinski definition) is 4. The first-order chi connectivity index (χ1) is 9.49. The first-order valence-electron chi connectivity index (χ1n) is 7.20. The van der Waals surface area contributed by atoms with Crippen molar-refractivity contribution >= 4 is 9.84 Å². The minimum absolute atomic E-state index is 0.339. The van der Waals surface area contributed by atoms with Crippen LogP contribution in [0.3, 0.4) is 0 Å². The van der Waals surface area contributed by atoms with Gasteiger partial charge in [-0.1, -0.05) is 6.07 Å². The lowest BCUT2D eigenvalue weighted by molar-refractivity contribution is 0.0172. The number of rotatable bonds is 1. The van der Waals surface area contributed by atoms with Gasteiger partial charge in [-0.05, 0) is 48.9 Å². The number of aliphatic hydroxyl groups is 1. The molecule has 0 aliphatic carbocycles. The maximum Gasteiger partial charge on any atom is 0.156 e. The fraction of sp³-hybridized carbons (Fsp3) is 0.600. The minimum Gasteiger partial charge on any atom is -0.493 e. The SMILES string of the molecule is O=S1(=O)C2CCC1CC(O)(c1ccc3c(c1)CCO3)C2. The average molecular weight is 294 g/mol. The molecular formula is C15H18O4S. The van der Waals surface area contributed by atoms with Crippen LogP contribution < -0.4 is 4.74 Å². The molecule has 2 saturated heterocycles. The second-order valence-electron chi connectivity index (χ2n) is 6.27. The molecule has 0 amide bonds. The van der Waals surface area contributed by atoms with E-state index in [0.29, 0.717) is 32.3 Å². The van der Waals surface area contributed by atoms with E-state index in [2.05, 4.69) is 0 Å². The van der Waals surface area contributed by atoms with Gasteiger partial charge in [0.05, 0.1) is 22.7 Å². The normalized spacial score (nSPS) is 37.5. The highest BCUT2D eigenvalue weighted by Gasteiger charge is 2.53. The molecule has 20 heavy (non-hydrogen) atoms. The predicted molar refractivity (Wildman–Crippen MR) is 74.5 cm³/mol. The third-order valence-corrected chi connectivity index (χ3v) is 7.76. The Morgan fingerprint density at radius 2 is 1.90 bits per heavy atom. The van der Waals surface area contributed by atoms with Crippen LogP contribution >= 0.6 is 0 Å². The minimum atomic E-state index is -3.00. The molecule has 2 fully saturated rings. The van der Waals surface area contributed by atoms with Gasteiger partial charge in [-0.15, -0.1) is 0 Å². The zero-order valence-corrected chi connectivity index (χ0v) is 12.0. The van der Waals surface area contributed by atoms with E-state index in [1.807, 2.05) is 18.2 Å². The number of benzene rings is 1. The summed E-state index contributed by atoms with van der Waals surface area (Å²) in [5.74, 6) is 0.892. The number of sulfone groups is 1. The lowest BCUT2D eigenvalue weighted by Crippen LogP contribution is -2.43. The Balaban J connectivity index is 1.72. The molecule has 2 unspecified atom stereocenters. The zero-order chi connectivity index (χ0) is 14.0. The lowest BCUT2D eigenvalue weighted by atomic mass is 9.85. The standard InChI is InChI=1S/C15H18O4S/c16-15(8-12-2-3-13(9-15)20(12,17)18)11-1-4-14-10(7-11)5-6-19-14/h1,4,7,12-13,16H,2-3,5-6,8-9H2. The van der Waals surface area contributed by atoms with Crippen molar-refractivity contribution in [3.8, 4) is 5.75 Å².